The van der Waals surface area contributed by atoms with Gasteiger partial charge in [-0.25, -0.2) is 13.4 Å². The number of aryl methyl sites for hydroxylation is 1. The molecule has 0 fully saturated rings. The van der Waals surface area contributed by atoms with Gasteiger partial charge in [0.1, 0.15) is 11.5 Å². The van der Waals surface area contributed by atoms with Gasteiger partial charge in [0.2, 0.25) is 0 Å². The predicted octanol–water partition coefficient (Wildman–Crippen LogP) is 2.80. The summed E-state index contributed by atoms with van der Waals surface area (Å²) in [5, 5.41) is 14.2. The van der Waals surface area contributed by atoms with Crippen LogP contribution in [-0.4, -0.2) is 29.6 Å². The summed E-state index contributed by atoms with van der Waals surface area (Å²) in [6, 6.07) is 9.56. The highest BCUT2D eigenvalue weighted by Crippen LogP contribution is 2.28. The second kappa shape index (κ2) is 6.17. The first-order valence-electron chi connectivity index (χ1n) is 7.42. The van der Waals surface area contributed by atoms with Crippen LogP contribution in [0.15, 0.2) is 41.3 Å². The molecular formula is C16H16N4O4S. The van der Waals surface area contributed by atoms with Crippen molar-refractivity contribution < 1.29 is 13.3 Å². The fourth-order valence-electron chi connectivity index (χ4n) is 2.53. The van der Waals surface area contributed by atoms with Crippen molar-refractivity contribution in [2.24, 2.45) is 0 Å². The number of nitrogens with zero attached hydrogens (tertiary/aromatic N) is 2. The van der Waals surface area contributed by atoms with E-state index in [0.717, 1.165) is 28.9 Å². The Labute approximate surface area is 144 Å². The van der Waals surface area contributed by atoms with Crippen molar-refractivity contribution in [2.45, 2.75) is 18.4 Å². The van der Waals surface area contributed by atoms with E-state index in [1.165, 1.54) is 12.1 Å². The minimum atomic E-state index is -3.52. The number of nitro groups is 1. The molecule has 0 aliphatic carbocycles. The van der Waals surface area contributed by atoms with E-state index in [1.54, 1.807) is 0 Å². The van der Waals surface area contributed by atoms with Crippen LogP contribution in [0.4, 0.5) is 11.4 Å². The smallest absolute Gasteiger partial charge is 0.293 e. The van der Waals surface area contributed by atoms with Crippen LogP contribution in [0.5, 0.6) is 0 Å². The van der Waals surface area contributed by atoms with E-state index < -0.39 is 14.8 Å². The van der Waals surface area contributed by atoms with Gasteiger partial charge in [0.25, 0.3) is 5.69 Å². The van der Waals surface area contributed by atoms with Gasteiger partial charge in [0, 0.05) is 12.3 Å². The molecular weight excluding hydrogens is 344 g/mol. The number of aromatic nitrogens is 2. The third-order valence-electron chi connectivity index (χ3n) is 3.80. The van der Waals surface area contributed by atoms with Crippen LogP contribution in [0.25, 0.3) is 11.0 Å². The Kier molecular flexibility index (Phi) is 4.17. The Balaban J connectivity index is 1.89. The number of nitro benzene ring substituents is 1. The van der Waals surface area contributed by atoms with Gasteiger partial charge in [0.05, 0.1) is 27.4 Å². The summed E-state index contributed by atoms with van der Waals surface area (Å²) >= 11 is 0. The van der Waals surface area contributed by atoms with Crippen molar-refractivity contribution >= 4 is 32.2 Å². The SMILES string of the molecule is Cc1cccc2[nH]c(CNc3ccc(S(C)(=O)=O)cc3[N+](=O)[O-])nc12. The fraction of sp³-hybridized carbons (Fsp3) is 0.188. The monoisotopic (exact) mass is 360 g/mol. The van der Waals surface area contributed by atoms with Crippen molar-refractivity contribution in [2.75, 3.05) is 11.6 Å². The van der Waals surface area contributed by atoms with Gasteiger partial charge < -0.3 is 10.3 Å². The van der Waals surface area contributed by atoms with E-state index >= 15 is 0 Å². The summed E-state index contributed by atoms with van der Waals surface area (Å²) in [6.07, 6.45) is 1.01. The van der Waals surface area contributed by atoms with Crippen LogP contribution < -0.4 is 5.32 Å². The first-order valence-corrected chi connectivity index (χ1v) is 9.31. The average molecular weight is 360 g/mol. The number of nitrogens with one attached hydrogen (secondary N) is 2. The Hall–Kier alpha value is -2.94. The lowest BCUT2D eigenvalue weighted by Crippen LogP contribution is -2.05. The largest absolute Gasteiger partial charge is 0.372 e. The number of rotatable bonds is 5. The molecule has 0 saturated heterocycles. The van der Waals surface area contributed by atoms with Crippen LogP contribution in [0, 0.1) is 17.0 Å². The highest BCUT2D eigenvalue weighted by Gasteiger charge is 2.19. The highest BCUT2D eigenvalue weighted by atomic mass is 32.2. The number of fused-ring (bicyclic) bond motifs is 1. The topological polar surface area (TPSA) is 118 Å². The molecule has 0 saturated carbocycles. The molecule has 1 heterocycles. The van der Waals surface area contributed by atoms with Crippen LogP contribution in [-0.2, 0) is 16.4 Å². The summed E-state index contributed by atoms with van der Waals surface area (Å²) < 4.78 is 23.1. The number of anilines is 1. The van der Waals surface area contributed by atoms with Gasteiger partial charge in [-0.15, -0.1) is 0 Å². The van der Waals surface area contributed by atoms with Crippen LogP contribution in [0.1, 0.15) is 11.4 Å². The van der Waals surface area contributed by atoms with E-state index in [0.29, 0.717) is 5.82 Å². The van der Waals surface area contributed by atoms with Crippen molar-refractivity contribution in [1.29, 1.82) is 0 Å². The Morgan fingerprint density at radius 1 is 1.28 bits per heavy atom. The lowest BCUT2D eigenvalue weighted by Gasteiger charge is -2.07. The molecule has 2 aromatic carbocycles. The minimum Gasteiger partial charge on any atom is -0.372 e. The molecule has 8 nitrogen and oxygen atoms in total. The van der Waals surface area contributed by atoms with Gasteiger partial charge in [-0.2, -0.15) is 0 Å². The van der Waals surface area contributed by atoms with Crippen LogP contribution >= 0.6 is 0 Å². The maximum absolute atomic E-state index is 11.6. The second-order valence-corrected chi connectivity index (χ2v) is 7.73. The molecule has 130 valence electrons. The predicted molar refractivity (Wildman–Crippen MR) is 94.4 cm³/mol. The first-order chi connectivity index (χ1) is 11.8. The number of aromatic amines is 1. The summed E-state index contributed by atoms with van der Waals surface area (Å²) in [4.78, 5) is 18.2. The van der Waals surface area contributed by atoms with Crippen molar-refractivity contribution in [3.63, 3.8) is 0 Å². The third-order valence-corrected chi connectivity index (χ3v) is 4.91. The molecule has 1 aromatic heterocycles. The zero-order valence-corrected chi connectivity index (χ0v) is 14.4. The van der Waals surface area contributed by atoms with E-state index in [1.807, 2.05) is 25.1 Å². The normalized spacial score (nSPS) is 11.6. The number of benzene rings is 2. The molecule has 0 unspecified atom stereocenters. The Morgan fingerprint density at radius 3 is 2.68 bits per heavy atom. The number of hydrogen-bond acceptors (Lipinski definition) is 6. The third kappa shape index (κ3) is 3.45. The van der Waals surface area contributed by atoms with Gasteiger partial charge in [-0.05, 0) is 30.7 Å². The van der Waals surface area contributed by atoms with Gasteiger partial charge in [-0.3, -0.25) is 10.1 Å². The maximum atomic E-state index is 11.6. The summed E-state index contributed by atoms with van der Waals surface area (Å²) in [5.74, 6) is 0.630. The van der Waals surface area contributed by atoms with E-state index in [2.05, 4.69) is 15.3 Å². The molecule has 0 radical (unpaired) electrons. The molecule has 0 amide bonds. The number of imidazole rings is 1. The molecule has 0 aliphatic heterocycles. The Morgan fingerprint density at radius 2 is 2.04 bits per heavy atom. The first kappa shape index (κ1) is 16.9. The molecule has 3 rings (SSSR count). The lowest BCUT2D eigenvalue weighted by molar-refractivity contribution is -0.384. The molecule has 0 atom stereocenters. The van der Waals surface area contributed by atoms with Crippen molar-refractivity contribution in [1.82, 2.24) is 9.97 Å². The zero-order valence-electron chi connectivity index (χ0n) is 13.6. The number of para-hydroxylation sites is 1. The molecule has 0 bridgehead atoms. The Bertz CT molecular complexity index is 1070. The van der Waals surface area contributed by atoms with E-state index in [-0.39, 0.29) is 22.8 Å². The fourth-order valence-corrected chi connectivity index (χ4v) is 3.17. The van der Waals surface area contributed by atoms with Crippen LogP contribution in [0.2, 0.25) is 0 Å². The lowest BCUT2D eigenvalue weighted by atomic mass is 10.2. The van der Waals surface area contributed by atoms with Crippen molar-refractivity contribution in [3.8, 4) is 0 Å². The van der Waals surface area contributed by atoms with Gasteiger partial charge in [-0.1, -0.05) is 12.1 Å². The number of H-pyrrole nitrogens is 1. The molecule has 3 aromatic rings. The molecule has 0 aliphatic rings. The molecule has 0 spiro atoms. The zero-order chi connectivity index (χ0) is 18.2. The highest BCUT2D eigenvalue weighted by molar-refractivity contribution is 7.90. The van der Waals surface area contributed by atoms with E-state index in [9.17, 15) is 18.5 Å². The standard InChI is InChI=1S/C16H16N4O4S/c1-10-4-3-5-13-16(10)19-15(18-13)9-17-12-7-6-11(25(2,23)24)8-14(12)20(21)22/h3-8,17H,9H2,1-2H3,(H,18,19). The van der Waals surface area contributed by atoms with Crippen LogP contribution in [0.3, 0.4) is 0 Å². The summed E-state index contributed by atoms with van der Waals surface area (Å²) in [7, 11) is -3.52. The minimum absolute atomic E-state index is 0.0934. The molecule has 2 N–H and O–H groups in total. The van der Waals surface area contributed by atoms with Gasteiger partial charge in [0.15, 0.2) is 9.84 Å². The molecule has 25 heavy (non-hydrogen) atoms. The summed E-state index contributed by atoms with van der Waals surface area (Å²) in [5.41, 5.74) is 2.70. The molecule has 9 heteroatoms. The quantitative estimate of drug-likeness (QED) is 0.533. The average Bonchev–Trinajstić information content (AvgIpc) is 2.96. The van der Waals surface area contributed by atoms with Crippen molar-refractivity contribution in [3.05, 3.63) is 57.9 Å². The van der Waals surface area contributed by atoms with E-state index in [4.69, 9.17) is 0 Å². The number of sulfone groups is 1. The maximum Gasteiger partial charge on any atom is 0.293 e. The number of hydrogen-bond donors (Lipinski definition) is 2. The summed E-state index contributed by atoms with van der Waals surface area (Å²) in [6.45, 7) is 2.20. The van der Waals surface area contributed by atoms with Gasteiger partial charge >= 0.3 is 0 Å². The second-order valence-electron chi connectivity index (χ2n) is 5.72.